The van der Waals surface area contributed by atoms with Crippen molar-refractivity contribution < 1.29 is 14.4 Å². The van der Waals surface area contributed by atoms with Crippen LogP contribution in [0.3, 0.4) is 0 Å². The van der Waals surface area contributed by atoms with E-state index in [1.165, 1.54) is 7.11 Å². The van der Waals surface area contributed by atoms with Gasteiger partial charge in [-0.05, 0) is 41.3 Å². The summed E-state index contributed by atoms with van der Waals surface area (Å²) >= 11 is 0. The molecule has 31 heavy (non-hydrogen) atoms. The van der Waals surface area contributed by atoms with Gasteiger partial charge in [-0.1, -0.05) is 49.4 Å². The van der Waals surface area contributed by atoms with Gasteiger partial charge < -0.3 is 10.6 Å². The molecule has 0 aliphatic heterocycles. The van der Waals surface area contributed by atoms with Crippen molar-refractivity contribution >= 4 is 23.3 Å². The second-order valence-electron chi connectivity index (χ2n) is 6.93. The number of nitrogens with one attached hydrogen (secondary N) is 3. The van der Waals surface area contributed by atoms with Crippen LogP contribution in [0.1, 0.15) is 35.7 Å². The smallest absolute Gasteiger partial charge is 0.275 e. The van der Waals surface area contributed by atoms with E-state index in [0.717, 1.165) is 23.1 Å². The van der Waals surface area contributed by atoms with Crippen LogP contribution in [0.4, 0.5) is 11.5 Å². The molecular formula is C24H26N4O3. The van der Waals surface area contributed by atoms with Crippen LogP contribution in [0.25, 0.3) is 11.1 Å². The molecule has 2 amide bonds. The number of carbonyl (C=O) groups excluding carboxylic acids is 2. The third kappa shape index (κ3) is 5.90. The second-order valence-corrected chi connectivity index (χ2v) is 6.93. The summed E-state index contributed by atoms with van der Waals surface area (Å²) in [7, 11) is 1.41. The Morgan fingerprint density at radius 2 is 1.77 bits per heavy atom. The van der Waals surface area contributed by atoms with Gasteiger partial charge in [-0.2, -0.15) is 0 Å². The lowest BCUT2D eigenvalue weighted by atomic mass is 9.98. The maximum absolute atomic E-state index is 12.2. The molecule has 0 saturated carbocycles. The minimum absolute atomic E-state index is 0.0286. The highest BCUT2D eigenvalue weighted by Crippen LogP contribution is 2.25. The number of carbonyl (C=O) groups is 2. The first-order valence-electron chi connectivity index (χ1n) is 10.1. The van der Waals surface area contributed by atoms with Crippen molar-refractivity contribution in [3.63, 3.8) is 0 Å². The largest absolute Gasteiger partial charge is 0.364 e. The van der Waals surface area contributed by atoms with Crippen molar-refractivity contribution in [2.45, 2.75) is 26.3 Å². The van der Waals surface area contributed by atoms with Gasteiger partial charge in [0, 0.05) is 24.7 Å². The van der Waals surface area contributed by atoms with Crippen molar-refractivity contribution in [2.24, 2.45) is 0 Å². The molecule has 3 aromatic rings. The van der Waals surface area contributed by atoms with E-state index in [-0.39, 0.29) is 11.8 Å². The third-order valence-corrected chi connectivity index (χ3v) is 4.65. The SMILES string of the molecule is CCCC(=O)Nc1cccnc1NCc1ccc(-c2ccccc2C(=O)NOC)cc1. The number of benzene rings is 2. The van der Waals surface area contributed by atoms with Gasteiger partial charge in [0.05, 0.1) is 12.8 Å². The zero-order chi connectivity index (χ0) is 22.1. The van der Waals surface area contributed by atoms with Crippen LogP contribution >= 0.6 is 0 Å². The molecule has 3 rings (SSSR count). The van der Waals surface area contributed by atoms with E-state index in [4.69, 9.17) is 4.84 Å². The summed E-state index contributed by atoms with van der Waals surface area (Å²) in [6.45, 7) is 2.51. The molecule has 1 aromatic heterocycles. The zero-order valence-corrected chi connectivity index (χ0v) is 17.6. The van der Waals surface area contributed by atoms with Gasteiger partial charge in [-0.25, -0.2) is 10.5 Å². The van der Waals surface area contributed by atoms with Gasteiger partial charge in [0.25, 0.3) is 5.91 Å². The first-order valence-corrected chi connectivity index (χ1v) is 10.1. The van der Waals surface area contributed by atoms with Crippen molar-refractivity contribution in [2.75, 3.05) is 17.7 Å². The van der Waals surface area contributed by atoms with E-state index in [1.807, 2.05) is 55.5 Å². The highest BCUT2D eigenvalue weighted by molar-refractivity contribution is 6.00. The quantitative estimate of drug-likeness (QED) is 0.448. The molecule has 0 aliphatic carbocycles. The maximum atomic E-state index is 12.2. The molecule has 7 heteroatoms. The van der Waals surface area contributed by atoms with Crippen LogP contribution < -0.4 is 16.1 Å². The van der Waals surface area contributed by atoms with Crippen molar-refractivity contribution in [3.8, 4) is 11.1 Å². The number of hydroxylamine groups is 1. The van der Waals surface area contributed by atoms with Crippen LogP contribution in [0.15, 0.2) is 66.9 Å². The normalized spacial score (nSPS) is 10.4. The molecule has 0 aliphatic rings. The molecule has 0 bridgehead atoms. The number of amides is 2. The molecule has 2 aromatic carbocycles. The second kappa shape index (κ2) is 10.9. The summed E-state index contributed by atoms with van der Waals surface area (Å²) in [5.74, 6) is 0.299. The molecular weight excluding hydrogens is 392 g/mol. The molecule has 0 spiro atoms. The average Bonchev–Trinajstić information content (AvgIpc) is 2.79. The number of rotatable bonds is 9. The van der Waals surface area contributed by atoms with Crippen LogP contribution in [0, 0.1) is 0 Å². The molecule has 3 N–H and O–H groups in total. The minimum atomic E-state index is -0.295. The summed E-state index contributed by atoms with van der Waals surface area (Å²) in [5.41, 5.74) is 6.35. The number of hydrogen-bond acceptors (Lipinski definition) is 5. The average molecular weight is 418 g/mol. The molecule has 0 unspecified atom stereocenters. The fourth-order valence-electron chi connectivity index (χ4n) is 3.16. The van der Waals surface area contributed by atoms with Gasteiger partial charge in [0.2, 0.25) is 5.91 Å². The molecule has 0 atom stereocenters. The summed E-state index contributed by atoms with van der Waals surface area (Å²) in [4.78, 5) is 33.2. The standard InChI is InChI=1S/C24H26N4O3/c1-3-7-22(29)27-21-10-6-15-25-23(21)26-16-17-11-13-18(14-12-17)19-8-4-5-9-20(19)24(30)28-31-2/h4-6,8-15H,3,7,16H2,1-2H3,(H,25,26)(H,27,29)(H,28,30). The molecule has 0 saturated heterocycles. The molecule has 0 radical (unpaired) electrons. The number of hydrogen-bond donors (Lipinski definition) is 3. The van der Waals surface area contributed by atoms with Gasteiger partial charge in [-0.3, -0.25) is 14.4 Å². The van der Waals surface area contributed by atoms with Crippen LogP contribution in [-0.2, 0) is 16.2 Å². The van der Waals surface area contributed by atoms with Crippen molar-refractivity contribution in [3.05, 3.63) is 78.0 Å². The van der Waals surface area contributed by atoms with E-state index < -0.39 is 0 Å². The van der Waals surface area contributed by atoms with E-state index in [0.29, 0.717) is 30.0 Å². The lowest BCUT2D eigenvalue weighted by Gasteiger charge is -2.13. The first kappa shape index (κ1) is 22.0. The Labute approximate surface area is 181 Å². The lowest BCUT2D eigenvalue weighted by Crippen LogP contribution is -2.22. The van der Waals surface area contributed by atoms with Crippen LogP contribution in [0.2, 0.25) is 0 Å². The number of pyridine rings is 1. The Morgan fingerprint density at radius 3 is 2.52 bits per heavy atom. The minimum Gasteiger partial charge on any atom is -0.364 e. The summed E-state index contributed by atoms with van der Waals surface area (Å²) < 4.78 is 0. The van der Waals surface area contributed by atoms with E-state index in [9.17, 15) is 9.59 Å². The van der Waals surface area contributed by atoms with Crippen LogP contribution in [0.5, 0.6) is 0 Å². The predicted octanol–water partition coefficient (Wildman–Crippen LogP) is 4.39. The highest BCUT2D eigenvalue weighted by atomic mass is 16.6. The van der Waals surface area contributed by atoms with Gasteiger partial charge in [0.1, 0.15) is 5.82 Å². The van der Waals surface area contributed by atoms with Gasteiger partial charge in [0.15, 0.2) is 0 Å². The number of anilines is 2. The van der Waals surface area contributed by atoms with Crippen molar-refractivity contribution in [1.29, 1.82) is 0 Å². The monoisotopic (exact) mass is 418 g/mol. The molecule has 0 fully saturated rings. The van der Waals surface area contributed by atoms with Gasteiger partial charge in [-0.15, -0.1) is 0 Å². The number of nitrogens with zero attached hydrogens (tertiary/aromatic N) is 1. The predicted molar refractivity (Wildman–Crippen MR) is 121 cm³/mol. The summed E-state index contributed by atoms with van der Waals surface area (Å²) in [6.07, 6.45) is 2.94. The number of aromatic nitrogens is 1. The molecule has 7 nitrogen and oxygen atoms in total. The summed E-state index contributed by atoms with van der Waals surface area (Å²) in [5, 5.41) is 6.17. The summed E-state index contributed by atoms with van der Waals surface area (Å²) in [6, 6.07) is 18.9. The maximum Gasteiger partial charge on any atom is 0.275 e. The molecule has 1 heterocycles. The fourth-order valence-corrected chi connectivity index (χ4v) is 3.16. The highest BCUT2D eigenvalue weighted by Gasteiger charge is 2.12. The Bertz CT molecular complexity index is 1040. The fraction of sp³-hybridized carbons (Fsp3) is 0.208. The Hall–Kier alpha value is -3.71. The first-order chi connectivity index (χ1) is 15.1. The Kier molecular flexibility index (Phi) is 7.73. The zero-order valence-electron chi connectivity index (χ0n) is 17.6. The van der Waals surface area contributed by atoms with E-state index >= 15 is 0 Å². The van der Waals surface area contributed by atoms with Crippen LogP contribution in [-0.4, -0.2) is 23.9 Å². The lowest BCUT2D eigenvalue weighted by molar-refractivity contribution is -0.116. The van der Waals surface area contributed by atoms with Crippen molar-refractivity contribution in [1.82, 2.24) is 10.5 Å². The van der Waals surface area contributed by atoms with Gasteiger partial charge >= 0.3 is 0 Å². The Balaban J connectivity index is 1.71. The molecule has 160 valence electrons. The van der Waals surface area contributed by atoms with E-state index in [1.54, 1.807) is 18.3 Å². The van der Waals surface area contributed by atoms with E-state index in [2.05, 4.69) is 21.1 Å². The Morgan fingerprint density at radius 1 is 1.00 bits per heavy atom. The third-order valence-electron chi connectivity index (χ3n) is 4.65. The topological polar surface area (TPSA) is 92.4 Å².